The van der Waals surface area contributed by atoms with Crippen molar-refractivity contribution >= 4 is 23.3 Å². The zero-order valence-electron chi connectivity index (χ0n) is 12.9. The van der Waals surface area contributed by atoms with Gasteiger partial charge in [0, 0.05) is 17.0 Å². The molecule has 0 amide bonds. The summed E-state index contributed by atoms with van der Waals surface area (Å²) >= 11 is 1.26. The number of hydrogen-bond donors (Lipinski definition) is 0. The maximum atomic E-state index is 12.9. The van der Waals surface area contributed by atoms with Crippen LogP contribution < -0.4 is 0 Å². The van der Waals surface area contributed by atoms with E-state index in [0.29, 0.717) is 16.5 Å². The Bertz CT molecular complexity index is 876. The summed E-state index contributed by atoms with van der Waals surface area (Å²) in [5.74, 6) is 0.0712. The highest BCUT2D eigenvalue weighted by atomic mass is 32.2. The Balaban J connectivity index is 1.82. The van der Waals surface area contributed by atoms with E-state index in [-0.39, 0.29) is 16.9 Å². The van der Waals surface area contributed by atoms with Crippen molar-refractivity contribution in [2.45, 2.75) is 31.2 Å². The fourth-order valence-electron chi connectivity index (χ4n) is 2.26. The lowest BCUT2D eigenvalue weighted by atomic mass is 10.1. The van der Waals surface area contributed by atoms with Crippen molar-refractivity contribution in [2.75, 3.05) is 0 Å². The molecular formula is C16H15FN4OS. The first-order chi connectivity index (χ1) is 10.9. The Labute approximate surface area is 137 Å². The molecule has 3 rings (SSSR count). The quantitative estimate of drug-likeness (QED) is 0.543. The molecule has 0 radical (unpaired) electrons. The van der Waals surface area contributed by atoms with E-state index in [1.807, 2.05) is 19.9 Å². The van der Waals surface area contributed by atoms with Gasteiger partial charge in [0.05, 0.1) is 5.25 Å². The topological polar surface area (TPSA) is 60.2 Å². The molecule has 2 aromatic heterocycles. The largest absolute Gasteiger partial charge is 0.293 e. The number of hydrogen-bond acceptors (Lipinski definition) is 5. The molecule has 5 nitrogen and oxygen atoms in total. The molecule has 118 valence electrons. The Hall–Kier alpha value is -2.28. The zero-order chi connectivity index (χ0) is 16.6. The van der Waals surface area contributed by atoms with E-state index in [2.05, 4.69) is 15.1 Å². The van der Waals surface area contributed by atoms with E-state index >= 15 is 0 Å². The molecule has 0 aliphatic rings. The third-order valence-corrected chi connectivity index (χ3v) is 4.33. The molecule has 0 saturated heterocycles. The molecule has 1 atom stereocenters. The lowest BCUT2D eigenvalue weighted by Crippen LogP contribution is -2.13. The monoisotopic (exact) mass is 330 g/mol. The molecular weight excluding hydrogens is 315 g/mol. The van der Waals surface area contributed by atoms with Crippen LogP contribution in [-0.2, 0) is 0 Å². The Morgan fingerprint density at radius 3 is 2.61 bits per heavy atom. The van der Waals surface area contributed by atoms with Crippen molar-refractivity contribution in [1.82, 2.24) is 19.6 Å². The van der Waals surface area contributed by atoms with E-state index < -0.39 is 0 Å². The Kier molecular flexibility index (Phi) is 4.12. The molecule has 0 saturated carbocycles. The van der Waals surface area contributed by atoms with Crippen LogP contribution >= 0.6 is 11.8 Å². The normalized spacial score (nSPS) is 12.5. The smallest absolute Gasteiger partial charge is 0.253 e. The zero-order valence-corrected chi connectivity index (χ0v) is 13.8. The number of thioether (sulfide) groups is 1. The molecule has 0 aliphatic carbocycles. The lowest BCUT2D eigenvalue weighted by Gasteiger charge is -2.07. The highest BCUT2D eigenvalue weighted by molar-refractivity contribution is 8.00. The van der Waals surface area contributed by atoms with Gasteiger partial charge in [-0.1, -0.05) is 11.8 Å². The molecule has 23 heavy (non-hydrogen) atoms. The fraction of sp³-hybridized carbons (Fsp3) is 0.250. The van der Waals surface area contributed by atoms with Crippen LogP contribution in [0.3, 0.4) is 0 Å². The molecule has 0 aliphatic heterocycles. The number of ketones is 1. The summed E-state index contributed by atoms with van der Waals surface area (Å²) in [5, 5.41) is 4.50. The third kappa shape index (κ3) is 3.24. The van der Waals surface area contributed by atoms with Crippen LogP contribution in [0.25, 0.3) is 5.78 Å². The van der Waals surface area contributed by atoms with Gasteiger partial charge in [0.25, 0.3) is 5.78 Å². The van der Waals surface area contributed by atoms with Gasteiger partial charge in [0.2, 0.25) is 5.16 Å². The molecule has 7 heteroatoms. The number of carbonyl (C=O) groups is 1. The summed E-state index contributed by atoms with van der Waals surface area (Å²) in [7, 11) is 0. The molecule has 0 N–H and O–H groups in total. The molecule has 0 spiro atoms. The lowest BCUT2D eigenvalue weighted by molar-refractivity contribution is 0.0994. The second-order valence-electron chi connectivity index (χ2n) is 5.28. The highest BCUT2D eigenvalue weighted by Gasteiger charge is 2.19. The van der Waals surface area contributed by atoms with Gasteiger partial charge in [-0.25, -0.2) is 13.9 Å². The van der Waals surface area contributed by atoms with Gasteiger partial charge < -0.3 is 0 Å². The summed E-state index contributed by atoms with van der Waals surface area (Å²) in [5.41, 5.74) is 2.28. The minimum absolute atomic E-state index is 0.0882. The van der Waals surface area contributed by atoms with Crippen molar-refractivity contribution in [2.24, 2.45) is 0 Å². The van der Waals surface area contributed by atoms with Crippen LogP contribution in [0.15, 0.2) is 35.5 Å². The van der Waals surface area contributed by atoms with Gasteiger partial charge in [-0.2, -0.15) is 4.98 Å². The van der Waals surface area contributed by atoms with Crippen molar-refractivity contribution in [3.05, 3.63) is 53.1 Å². The first-order valence-corrected chi connectivity index (χ1v) is 7.99. The summed E-state index contributed by atoms with van der Waals surface area (Å²) in [6.07, 6.45) is 0. The predicted molar refractivity (Wildman–Crippen MR) is 86.3 cm³/mol. The van der Waals surface area contributed by atoms with Crippen LogP contribution in [0.5, 0.6) is 0 Å². The summed E-state index contributed by atoms with van der Waals surface area (Å²) in [4.78, 5) is 21.1. The average Bonchev–Trinajstić information content (AvgIpc) is 2.90. The Morgan fingerprint density at radius 1 is 1.22 bits per heavy atom. The van der Waals surface area contributed by atoms with Crippen LogP contribution in [0.4, 0.5) is 4.39 Å². The number of aromatic nitrogens is 4. The first-order valence-electron chi connectivity index (χ1n) is 7.11. The minimum atomic E-state index is -0.376. The Morgan fingerprint density at radius 2 is 1.91 bits per heavy atom. The number of nitrogens with zero attached hydrogens (tertiary/aromatic N) is 4. The van der Waals surface area contributed by atoms with Crippen LogP contribution in [0.2, 0.25) is 0 Å². The maximum absolute atomic E-state index is 12.9. The van der Waals surface area contributed by atoms with E-state index in [9.17, 15) is 9.18 Å². The van der Waals surface area contributed by atoms with Crippen molar-refractivity contribution < 1.29 is 9.18 Å². The fourth-order valence-corrected chi connectivity index (χ4v) is 3.08. The second kappa shape index (κ2) is 6.08. The van der Waals surface area contributed by atoms with E-state index in [4.69, 9.17) is 0 Å². The van der Waals surface area contributed by atoms with Crippen molar-refractivity contribution in [1.29, 1.82) is 0 Å². The van der Waals surface area contributed by atoms with Gasteiger partial charge in [0.1, 0.15) is 5.82 Å². The number of halogens is 1. The molecule has 1 unspecified atom stereocenters. The molecule has 2 heterocycles. The van der Waals surface area contributed by atoms with Gasteiger partial charge in [-0.3, -0.25) is 4.79 Å². The van der Waals surface area contributed by atoms with E-state index in [1.165, 1.54) is 36.0 Å². The maximum Gasteiger partial charge on any atom is 0.253 e. The molecule has 0 bridgehead atoms. The standard InChI is InChI=1S/C16H15FN4OS/c1-9-8-10(2)21-15(18-9)19-16(20-21)23-11(3)14(22)12-4-6-13(17)7-5-12/h4-8,11H,1-3H3. The average molecular weight is 330 g/mol. The first kappa shape index (κ1) is 15.6. The van der Waals surface area contributed by atoms with Gasteiger partial charge in [-0.05, 0) is 51.1 Å². The van der Waals surface area contributed by atoms with E-state index in [0.717, 1.165) is 11.4 Å². The second-order valence-corrected chi connectivity index (χ2v) is 6.58. The highest BCUT2D eigenvalue weighted by Crippen LogP contribution is 2.23. The molecule has 3 aromatic rings. The van der Waals surface area contributed by atoms with Crippen LogP contribution in [-0.4, -0.2) is 30.6 Å². The minimum Gasteiger partial charge on any atom is -0.293 e. The SMILES string of the molecule is Cc1cc(C)n2nc(SC(C)C(=O)c3ccc(F)cc3)nc2n1. The number of fused-ring (bicyclic) bond motifs is 1. The van der Waals surface area contributed by atoms with Crippen LogP contribution in [0, 0.1) is 19.7 Å². The van der Waals surface area contributed by atoms with Crippen LogP contribution in [0.1, 0.15) is 28.7 Å². The number of rotatable bonds is 4. The molecule has 1 aromatic carbocycles. The number of aryl methyl sites for hydroxylation is 2. The summed E-state index contributed by atoms with van der Waals surface area (Å²) < 4.78 is 14.6. The van der Waals surface area contributed by atoms with Gasteiger partial charge in [-0.15, -0.1) is 5.10 Å². The van der Waals surface area contributed by atoms with Crippen molar-refractivity contribution in [3.63, 3.8) is 0 Å². The van der Waals surface area contributed by atoms with E-state index in [1.54, 1.807) is 11.4 Å². The number of carbonyl (C=O) groups excluding carboxylic acids is 1. The predicted octanol–water partition coefficient (Wildman–Crippen LogP) is 3.24. The van der Waals surface area contributed by atoms with Gasteiger partial charge in [0.15, 0.2) is 5.78 Å². The van der Waals surface area contributed by atoms with Crippen molar-refractivity contribution in [3.8, 4) is 0 Å². The number of Topliss-reactive ketones (excluding diaryl/α,β-unsaturated/α-hetero) is 1. The van der Waals surface area contributed by atoms with Gasteiger partial charge >= 0.3 is 0 Å². The summed E-state index contributed by atoms with van der Waals surface area (Å²) in [6, 6.07) is 7.46. The summed E-state index contributed by atoms with van der Waals surface area (Å²) in [6.45, 7) is 5.61. The third-order valence-electron chi connectivity index (χ3n) is 3.38. The molecule has 0 fully saturated rings. The number of benzene rings is 1.